The third-order valence-electron chi connectivity index (χ3n) is 8.08. The van der Waals surface area contributed by atoms with E-state index in [1.165, 1.54) is 7.11 Å². The van der Waals surface area contributed by atoms with Gasteiger partial charge in [0.1, 0.15) is 24.4 Å². The van der Waals surface area contributed by atoms with Crippen molar-refractivity contribution >= 4 is 5.97 Å². The van der Waals surface area contributed by atoms with Crippen LogP contribution in [0.15, 0.2) is 96.1 Å². The summed E-state index contributed by atoms with van der Waals surface area (Å²) in [5.41, 5.74) is 11.5. The number of azide groups is 1. The zero-order valence-electron chi connectivity index (χ0n) is 25.9. The second-order valence-corrected chi connectivity index (χ2v) is 11.2. The molecule has 2 aliphatic heterocycles. The minimum atomic E-state index is -1.53. The average Bonchev–Trinajstić information content (AvgIpc) is 3.07. The molecule has 3 aromatic rings. The molecule has 2 aliphatic rings. The summed E-state index contributed by atoms with van der Waals surface area (Å²) in [4.78, 5) is 16.2. The van der Waals surface area contributed by atoms with Crippen molar-refractivity contribution in [1.82, 2.24) is 0 Å². The number of aliphatic hydroxyl groups excluding tert-OH is 1. The Kier molecular flexibility index (Phi) is 11.8. The van der Waals surface area contributed by atoms with Crippen molar-refractivity contribution in [3.05, 3.63) is 118 Å². The van der Waals surface area contributed by atoms with Gasteiger partial charge in [0.05, 0.1) is 37.0 Å². The summed E-state index contributed by atoms with van der Waals surface area (Å²) in [5, 5.41) is 15.1. The predicted molar refractivity (Wildman–Crippen MR) is 165 cm³/mol. The van der Waals surface area contributed by atoms with Crippen LogP contribution < -0.4 is 0 Å². The average molecular weight is 634 g/mol. The van der Waals surface area contributed by atoms with E-state index in [-0.39, 0.29) is 18.8 Å². The molecule has 0 radical (unpaired) electrons. The summed E-state index contributed by atoms with van der Waals surface area (Å²) >= 11 is 0. The van der Waals surface area contributed by atoms with Crippen molar-refractivity contribution in [1.29, 1.82) is 0 Å². The molecule has 5 rings (SSSR count). The fourth-order valence-electron chi connectivity index (χ4n) is 5.71. The van der Waals surface area contributed by atoms with E-state index >= 15 is 0 Å². The van der Waals surface area contributed by atoms with Crippen LogP contribution in [0.1, 0.15) is 35.3 Å². The largest absolute Gasteiger partial charge is 0.450 e. The first kappa shape index (κ1) is 33.5. The van der Waals surface area contributed by atoms with E-state index in [4.69, 9.17) is 33.2 Å². The van der Waals surface area contributed by atoms with E-state index in [0.29, 0.717) is 0 Å². The number of methoxy groups -OCH3 is 1. The normalized spacial score (nSPS) is 31.0. The van der Waals surface area contributed by atoms with Crippen LogP contribution in [0.25, 0.3) is 10.4 Å². The zero-order chi connectivity index (χ0) is 32.5. The van der Waals surface area contributed by atoms with Crippen molar-refractivity contribution in [2.45, 2.75) is 88.4 Å². The number of carbonyl (C=O) groups is 1. The fourth-order valence-corrected chi connectivity index (χ4v) is 5.71. The Morgan fingerprint density at radius 3 is 1.91 bits per heavy atom. The minimum absolute atomic E-state index is 0.200. The number of ether oxygens (including phenoxy) is 7. The molecule has 0 amide bonds. The summed E-state index contributed by atoms with van der Waals surface area (Å²) in [5.74, 6) is -0.674. The van der Waals surface area contributed by atoms with Gasteiger partial charge in [-0.3, -0.25) is 0 Å². The first-order valence-corrected chi connectivity index (χ1v) is 15.2. The first-order valence-electron chi connectivity index (χ1n) is 15.2. The van der Waals surface area contributed by atoms with Crippen molar-refractivity contribution in [3.8, 4) is 0 Å². The maximum atomic E-state index is 13.2. The molecule has 244 valence electrons. The highest BCUT2D eigenvalue weighted by Crippen LogP contribution is 2.34. The zero-order valence-corrected chi connectivity index (χ0v) is 25.9. The predicted octanol–water partition coefficient (Wildman–Crippen LogP) is 4.94. The number of hydrogen-bond acceptors (Lipinski definition) is 10. The second-order valence-electron chi connectivity index (χ2n) is 11.2. The standard InChI is InChI=1S/C34H39N3O9/c1-21-26(36-37-35)28(42-20-24-15-9-5-10-16-24)31(40-3)34(44-21)46-29-27(41-19-23-13-7-4-8-14-23)22(2)43-33(39)30(29)45-32(38)25-17-11-6-12-18-25/h4-18,21-22,26-31,33-34,39H,19-20H2,1-3H3/t21-,22+,26-,27+,28+,29-,30-,31-,33-,34+/m1/s1. The van der Waals surface area contributed by atoms with Crippen LogP contribution in [-0.2, 0) is 46.4 Å². The highest BCUT2D eigenvalue weighted by molar-refractivity contribution is 5.89. The highest BCUT2D eigenvalue weighted by atomic mass is 16.7. The van der Waals surface area contributed by atoms with Crippen molar-refractivity contribution in [3.63, 3.8) is 0 Å². The van der Waals surface area contributed by atoms with Gasteiger partial charge >= 0.3 is 5.97 Å². The Balaban J connectivity index is 1.44. The maximum Gasteiger partial charge on any atom is 0.338 e. The first-order chi connectivity index (χ1) is 22.4. The lowest BCUT2D eigenvalue weighted by Crippen LogP contribution is -2.64. The lowest BCUT2D eigenvalue weighted by molar-refractivity contribution is -0.349. The molecule has 1 N–H and O–H groups in total. The molecule has 2 fully saturated rings. The number of hydrogen-bond donors (Lipinski definition) is 1. The maximum absolute atomic E-state index is 13.2. The smallest absolute Gasteiger partial charge is 0.338 e. The van der Waals surface area contributed by atoms with E-state index in [2.05, 4.69) is 10.0 Å². The number of nitrogens with zero attached hydrogens (tertiary/aromatic N) is 3. The van der Waals surface area contributed by atoms with Crippen molar-refractivity contribution < 1.29 is 43.1 Å². The Bertz CT molecular complexity index is 1430. The number of carbonyl (C=O) groups excluding carboxylic acids is 1. The van der Waals surface area contributed by atoms with Gasteiger partial charge in [0.2, 0.25) is 0 Å². The van der Waals surface area contributed by atoms with E-state index in [9.17, 15) is 15.4 Å². The van der Waals surface area contributed by atoms with Gasteiger partial charge < -0.3 is 38.3 Å². The Morgan fingerprint density at radius 1 is 0.783 bits per heavy atom. The molecule has 10 atom stereocenters. The van der Waals surface area contributed by atoms with Gasteiger partial charge in [0, 0.05) is 12.0 Å². The van der Waals surface area contributed by atoms with Crippen LogP contribution in [0, 0.1) is 0 Å². The topological polar surface area (TPSA) is 151 Å². The molecule has 46 heavy (non-hydrogen) atoms. The number of aliphatic hydroxyl groups is 1. The number of esters is 1. The van der Waals surface area contributed by atoms with E-state index in [1.807, 2.05) is 60.7 Å². The Labute approximate surface area is 267 Å². The van der Waals surface area contributed by atoms with Crippen molar-refractivity contribution in [2.24, 2.45) is 5.11 Å². The van der Waals surface area contributed by atoms with Crippen LogP contribution in [0.3, 0.4) is 0 Å². The molecule has 0 aromatic heterocycles. The summed E-state index contributed by atoms with van der Waals surface area (Å²) < 4.78 is 43.0. The Morgan fingerprint density at radius 2 is 1.35 bits per heavy atom. The quantitative estimate of drug-likeness (QED) is 0.127. The fraction of sp³-hybridized carbons (Fsp3) is 0.441. The molecule has 2 saturated heterocycles. The van der Waals surface area contributed by atoms with Crippen LogP contribution in [0.5, 0.6) is 0 Å². The third-order valence-corrected chi connectivity index (χ3v) is 8.08. The van der Waals surface area contributed by atoms with Gasteiger partial charge in [0.25, 0.3) is 0 Å². The molecule has 0 aliphatic carbocycles. The molecule has 2 heterocycles. The van der Waals surface area contributed by atoms with Crippen LogP contribution >= 0.6 is 0 Å². The number of benzene rings is 3. The molecule has 12 heteroatoms. The van der Waals surface area contributed by atoms with Gasteiger partial charge in [-0.1, -0.05) is 84.0 Å². The SMILES string of the molecule is CO[C@H]1[C@H](O[C@@H]2[C@@H](OCc3ccccc3)[C@H](C)O[C@@H](O)[C@@H]2OC(=O)c2ccccc2)O[C@H](C)[C@@H](N=[N+]=[N-])[C@@H]1OCc1ccccc1. The van der Waals surface area contributed by atoms with Crippen LogP contribution in [0.2, 0.25) is 0 Å². The van der Waals surface area contributed by atoms with Gasteiger partial charge in [-0.25, -0.2) is 4.79 Å². The summed E-state index contributed by atoms with van der Waals surface area (Å²) in [6.07, 6.45) is -8.80. The highest BCUT2D eigenvalue weighted by Gasteiger charge is 2.53. The van der Waals surface area contributed by atoms with E-state index in [0.717, 1.165) is 11.1 Å². The van der Waals surface area contributed by atoms with Gasteiger partial charge in [0.15, 0.2) is 18.7 Å². The molecular formula is C34H39N3O9. The van der Waals surface area contributed by atoms with E-state index in [1.54, 1.807) is 44.2 Å². The van der Waals surface area contributed by atoms with Crippen LogP contribution in [-0.4, -0.2) is 79.5 Å². The molecular weight excluding hydrogens is 594 g/mol. The summed E-state index contributed by atoms with van der Waals surface area (Å²) in [6.45, 7) is 3.91. The second kappa shape index (κ2) is 16.1. The number of rotatable bonds is 12. The van der Waals surface area contributed by atoms with Gasteiger partial charge in [-0.15, -0.1) is 0 Å². The summed E-state index contributed by atoms with van der Waals surface area (Å²) in [6, 6.07) is 26.8. The van der Waals surface area contributed by atoms with Gasteiger partial charge in [-0.05, 0) is 42.6 Å². The monoisotopic (exact) mass is 633 g/mol. The molecule has 0 bridgehead atoms. The van der Waals surface area contributed by atoms with E-state index < -0.39 is 67.3 Å². The molecule has 12 nitrogen and oxygen atoms in total. The van der Waals surface area contributed by atoms with Crippen LogP contribution in [0.4, 0.5) is 0 Å². The molecule has 0 spiro atoms. The lowest BCUT2D eigenvalue weighted by atomic mass is 9.95. The third kappa shape index (κ3) is 8.11. The molecule has 0 saturated carbocycles. The van der Waals surface area contributed by atoms with Gasteiger partial charge in [-0.2, -0.15) is 0 Å². The molecule has 3 aromatic carbocycles. The Hall–Kier alpha value is -3.84. The van der Waals surface area contributed by atoms with Crippen molar-refractivity contribution in [2.75, 3.05) is 7.11 Å². The summed E-state index contributed by atoms with van der Waals surface area (Å²) in [7, 11) is 1.48. The minimum Gasteiger partial charge on any atom is -0.450 e. The molecule has 0 unspecified atom stereocenters. The lowest BCUT2D eigenvalue weighted by Gasteiger charge is -2.48.